The number of piperidine rings is 1. The molecule has 3 aromatic rings. The van der Waals surface area contributed by atoms with Crippen LogP contribution in [-0.4, -0.2) is 37.6 Å². The lowest BCUT2D eigenvalue weighted by atomic mass is 10.0. The van der Waals surface area contributed by atoms with Gasteiger partial charge in [0, 0.05) is 18.7 Å². The lowest BCUT2D eigenvalue weighted by Crippen LogP contribution is -2.42. The van der Waals surface area contributed by atoms with E-state index in [9.17, 15) is 22.0 Å². The standard InChI is InChI=1S/C24H21F2NO3S/c25-20-7-5-18(6-8-20)17-1-3-19(4-2-17)24(28)27-15-13-23(14-16-27)31(29,30)22-11-9-21(26)10-12-22/h1-12,23H,13-16H2. The van der Waals surface area contributed by atoms with Gasteiger partial charge in [-0.3, -0.25) is 4.79 Å². The number of carbonyl (C=O) groups excluding carboxylic acids is 1. The van der Waals surface area contributed by atoms with Crippen LogP contribution in [0.3, 0.4) is 0 Å². The maximum atomic E-state index is 13.1. The highest BCUT2D eigenvalue weighted by Crippen LogP contribution is 2.26. The lowest BCUT2D eigenvalue weighted by molar-refractivity contribution is 0.0725. The summed E-state index contributed by atoms with van der Waals surface area (Å²) in [5.41, 5.74) is 2.25. The molecule has 0 spiro atoms. The number of nitrogens with zero attached hydrogens (tertiary/aromatic N) is 1. The first-order valence-corrected chi connectivity index (χ1v) is 11.5. The molecule has 4 rings (SSSR count). The number of halogens is 2. The van der Waals surface area contributed by atoms with Crippen molar-refractivity contribution in [3.05, 3.63) is 90.0 Å². The molecule has 7 heteroatoms. The molecule has 0 unspecified atom stereocenters. The Bertz CT molecular complexity index is 1170. The zero-order chi connectivity index (χ0) is 22.0. The molecule has 160 valence electrons. The Labute approximate surface area is 180 Å². The summed E-state index contributed by atoms with van der Waals surface area (Å²) < 4.78 is 51.8. The Balaban J connectivity index is 1.41. The predicted octanol–water partition coefficient (Wildman–Crippen LogP) is 4.71. The maximum absolute atomic E-state index is 13.1. The van der Waals surface area contributed by atoms with E-state index in [-0.39, 0.29) is 16.6 Å². The molecule has 1 fully saturated rings. The summed E-state index contributed by atoms with van der Waals surface area (Å²) in [5.74, 6) is -0.937. The van der Waals surface area contributed by atoms with Gasteiger partial charge in [0.25, 0.3) is 5.91 Å². The molecule has 0 atom stereocenters. The van der Waals surface area contributed by atoms with E-state index in [4.69, 9.17) is 0 Å². The van der Waals surface area contributed by atoms with Crippen molar-refractivity contribution in [3.63, 3.8) is 0 Å². The van der Waals surface area contributed by atoms with E-state index in [0.29, 0.717) is 31.5 Å². The lowest BCUT2D eigenvalue weighted by Gasteiger charge is -2.32. The fraction of sp³-hybridized carbons (Fsp3) is 0.208. The Kier molecular flexibility index (Phi) is 5.87. The van der Waals surface area contributed by atoms with Crippen LogP contribution < -0.4 is 0 Å². The molecular weight excluding hydrogens is 420 g/mol. The second-order valence-electron chi connectivity index (χ2n) is 7.57. The summed E-state index contributed by atoms with van der Waals surface area (Å²) in [7, 11) is -3.56. The summed E-state index contributed by atoms with van der Waals surface area (Å²) in [6.45, 7) is 0.674. The SMILES string of the molecule is O=C(c1ccc(-c2ccc(F)cc2)cc1)N1CCC(S(=O)(=O)c2ccc(F)cc2)CC1. The monoisotopic (exact) mass is 441 g/mol. The fourth-order valence-corrected chi connectivity index (χ4v) is 5.55. The molecule has 1 aliphatic rings. The van der Waals surface area contributed by atoms with Crippen LogP contribution in [0.15, 0.2) is 77.7 Å². The average molecular weight is 441 g/mol. The molecule has 4 nitrogen and oxygen atoms in total. The summed E-state index contributed by atoms with van der Waals surface area (Å²) in [6.07, 6.45) is 0.665. The first kappa shape index (κ1) is 21.2. The predicted molar refractivity (Wildman–Crippen MR) is 114 cm³/mol. The average Bonchev–Trinajstić information content (AvgIpc) is 2.80. The molecule has 1 heterocycles. The van der Waals surface area contributed by atoms with Gasteiger partial charge in [-0.05, 0) is 72.5 Å². The van der Waals surface area contributed by atoms with E-state index in [1.165, 1.54) is 24.3 Å². The van der Waals surface area contributed by atoms with Crippen LogP contribution >= 0.6 is 0 Å². The molecule has 0 saturated carbocycles. The molecular formula is C24H21F2NO3S. The van der Waals surface area contributed by atoms with Crippen molar-refractivity contribution >= 4 is 15.7 Å². The van der Waals surface area contributed by atoms with E-state index in [0.717, 1.165) is 23.3 Å². The number of benzene rings is 3. The van der Waals surface area contributed by atoms with Crippen molar-refractivity contribution in [2.45, 2.75) is 23.0 Å². The summed E-state index contributed by atoms with van der Waals surface area (Å²) in [4.78, 5) is 14.6. The molecule has 0 radical (unpaired) electrons. The van der Waals surface area contributed by atoms with Crippen molar-refractivity contribution < 1.29 is 22.0 Å². The first-order valence-electron chi connectivity index (χ1n) is 9.99. The van der Waals surface area contributed by atoms with Crippen molar-refractivity contribution in [2.75, 3.05) is 13.1 Å². The molecule has 1 saturated heterocycles. The van der Waals surface area contributed by atoms with E-state index in [1.807, 2.05) is 12.1 Å². The molecule has 3 aromatic carbocycles. The zero-order valence-electron chi connectivity index (χ0n) is 16.7. The van der Waals surface area contributed by atoms with Crippen molar-refractivity contribution in [1.29, 1.82) is 0 Å². The van der Waals surface area contributed by atoms with Crippen LogP contribution in [0.1, 0.15) is 23.2 Å². The fourth-order valence-electron chi connectivity index (χ4n) is 3.82. The van der Waals surface area contributed by atoms with Crippen LogP contribution in [0.25, 0.3) is 11.1 Å². The van der Waals surface area contributed by atoms with Crippen LogP contribution in [0, 0.1) is 11.6 Å². The number of rotatable bonds is 4. The Morgan fingerprint density at radius 1 is 0.742 bits per heavy atom. The third-order valence-electron chi connectivity index (χ3n) is 5.62. The smallest absolute Gasteiger partial charge is 0.253 e. The van der Waals surface area contributed by atoms with Gasteiger partial charge in [-0.15, -0.1) is 0 Å². The van der Waals surface area contributed by atoms with Crippen LogP contribution in [0.2, 0.25) is 0 Å². The van der Waals surface area contributed by atoms with E-state index in [1.54, 1.807) is 29.2 Å². The van der Waals surface area contributed by atoms with Gasteiger partial charge in [0.1, 0.15) is 11.6 Å². The van der Waals surface area contributed by atoms with Crippen molar-refractivity contribution in [1.82, 2.24) is 4.90 Å². The number of hydrogen-bond donors (Lipinski definition) is 0. The highest BCUT2D eigenvalue weighted by Gasteiger charge is 2.33. The third-order valence-corrected chi connectivity index (χ3v) is 7.90. The second-order valence-corrected chi connectivity index (χ2v) is 9.80. The van der Waals surface area contributed by atoms with Gasteiger partial charge in [0.2, 0.25) is 0 Å². The van der Waals surface area contributed by atoms with E-state index >= 15 is 0 Å². The zero-order valence-corrected chi connectivity index (χ0v) is 17.5. The number of amides is 1. The topological polar surface area (TPSA) is 54.5 Å². The molecule has 0 aromatic heterocycles. The van der Waals surface area contributed by atoms with Gasteiger partial charge in [0.05, 0.1) is 10.1 Å². The number of hydrogen-bond acceptors (Lipinski definition) is 3. The molecule has 0 aliphatic carbocycles. The van der Waals surface area contributed by atoms with E-state index in [2.05, 4.69) is 0 Å². The van der Waals surface area contributed by atoms with Gasteiger partial charge in [-0.25, -0.2) is 17.2 Å². The first-order chi connectivity index (χ1) is 14.8. The molecule has 0 bridgehead atoms. The van der Waals surface area contributed by atoms with E-state index < -0.39 is 20.9 Å². The summed E-state index contributed by atoms with van der Waals surface area (Å²) in [5, 5.41) is -0.595. The highest BCUT2D eigenvalue weighted by molar-refractivity contribution is 7.92. The van der Waals surface area contributed by atoms with Crippen LogP contribution in [0.5, 0.6) is 0 Å². The van der Waals surface area contributed by atoms with Crippen molar-refractivity contribution in [2.24, 2.45) is 0 Å². The number of likely N-dealkylation sites (tertiary alicyclic amines) is 1. The Morgan fingerprint density at radius 2 is 1.19 bits per heavy atom. The molecule has 31 heavy (non-hydrogen) atoms. The number of sulfone groups is 1. The van der Waals surface area contributed by atoms with Crippen LogP contribution in [0.4, 0.5) is 8.78 Å². The van der Waals surface area contributed by atoms with Gasteiger partial charge in [-0.1, -0.05) is 24.3 Å². The van der Waals surface area contributed by atoms with Gasteiger partial charge < -0.3 is 4.90 Å². The highest BCUT2D eigenvalue weighted by atomic mass is 32.2. The minimum Gasteiger partial charge on any atom is -0.339 e. The van der Waals surface area contributed by atoms with Gasteiger partial charge >= 0.3 is 0 Å². The maximum Gasteiger partial charge on any atom is 0.253 e. The molecule has 1 aliphatic heterocycles. The largest absolute Gasteiger partial charge is 0.339 e. The molecule has 1 amide bonds. The quantitative estimate of drug-likeness (QED) is 0.551. The summed E-state index contributed by atoms with van der Waals surface area (Å²) >= 11 is 0. The Hall–Kier alpha value is -3.06. The third kappa shape index (κ3) is 4.51. The second kappa shape index (κ2) is 8.59. The van der Waals surface area contributed by atoms with Crippen molar-refractivity contribution in [3.8, 4) is 11.1 Å². The van der Waals surface area contributed by atoms with Gasteiger partial charge in [-0.2, -0.15) is 0 Å². The molecule has 0 N–H and O–H groups in total. The van der Waals surface area contributed by atoms with Gasteiger partial charge in [0.15, 0.2) is 9.84 Å². The normalized spacial score (nSPS) is 15.1. The minimum atomic E-state index is -3.56. The Morgan fingerprint density at radius 3 is 1.71 bits per heavy atom. The summed E-state index contributed by atoms with van der Waals surface area (Å²) in [6, 6.07) is 18.1. The van der Waals surface area contributed by atoms with Crippen LogP contribution in [-0.2, 0) is 9.84 Å². The minimum absolute atomic E-state index is 0.107. The number of carbonyl (C=O) groups is 1.